The number of rotatable bonds is 14. The van der Waals surface area contributed by atoms with Crippen LogP contribution in [0.3, 0.4) is 0 Å². The van der Waals surface area contributed by atoms with E-state index in [-0.39, 0.29) is 11.5 Å². The fourth-order valence-corrected chi connectivity index (χ4v) is 11.7. The van der Waals surface area contributed by atoms with Gasteiger partial charge in [-0.3, -0.25) is 9.11 Å². The van der Waals surface area contributed by atoms with Crippen molar-refractivity contribution in [1.82, 2.24) is 0 Å². The summed E-state index contributed by atoms with van der Waals surface area (Å²) in [6.07, 6.45) is 12.3. The third-order valence-electron chi connectivity index (χ3n) is 11.2. The van der Waals surface area contributed by atoms with E-state index in [0.717, 1.165) is 67.0 Å². The molecule has 0 aliphatic carbocycles. The molecule has 4 heterocycles. The number of anilines is 2. The molecule has 0 unspecified atom stereocenters. The standard InChI is InChI=1S/C27H32N2O6S4.C23H23N2/c1-4-21(17-26-28(11-5-13-38(30,31)32)22-9-7-19(2)15-24(22)36-26)18-27-29(12-6-14-39(33,34)35)23-10-8-20(3)16-25(23)37-27;1-3-24-20(15-13-18-9-5-7-11-22(18)24)17-21-16-14-19-10-6-8-12-23(19)25(21)4-2/h7-10,15-18H,4-6,11-14H2,1-3H3,(H-,30,31,32,33,34,35);5-17H,3-4H2,1-2H3/q;+1/p+1. The van der Waals surface area contributed by atoms with E-state index in [1.165, 1.54) is 33.5 Å². The summed E-state index contributed by atoms with van der Waals surface area (Å²) >= 11 is 3.27. The van der Waals surface area contributed by atoms with Crippen LogP contribution in [-0.4, -0.2) is 50.5 Å². The highest BCUT2D eigenvalue weighted by Gasteiger charge is 2.27. The minimum atomic E-state index is -4.04. The Morgan fingerprint density at radius 3 is 2.20 bits per heavy atom. The Labute approximate surface area is 386 Å². The number of thiazole rings is 1. The molecule has 2 aromatic heterocycles. The van der Waals surface area contributed by atoms with E-state index in [0.29, 0.717) is 25.9 Å². The summed E-state index contributed by atoms with van der Waals surface area (Å²) in [6, 6.07) is 34.0. The molecule has 0 fully saturated rings. The number of thioether (sulfide) groups is 1. The van der Waals surface area contributed by atoms with Crippen LogP contribution in [0.2, 0.25) is 0 Å². The lowest BCUT2D eigenvalue weighted by molar-refractivity contribution is -0.669. The first-order valence-corrected chi connectivity index (χ1v) is 26.5. The third kappa shape index (κ3) is 11.4. The Balaban J connectivity index is 0.000000210. The van der Waals surface area contributed by atoms with Crippen LogP contribution in [0.5, 0.6) is 0 Å². The van der Waals surface area contributed by atoms with Crippen molar-refractivity contribution in [3.05, 3.63) is 153 Å². The van der Waals surface area contributed by atoms with E-state index in [9.17, 15) is 25.9 Å². The van der Waals surface area contributed by atoms with Gasteiger partial charge in [0, 0.05) is 71.5 Å². The molecule has 334 valence electrons. The maximum Gasteiger partial charge on any atom is 0.265 e. The number of aryl methyl sites for hydroxylation is 4. The Bertz CT molecular complexity index is 3040. The van der Waals surface area contributed by atoms with Crippen LogP contribution in [0, 0.1) is 13.8 Å². The van der Waals surface area contributed by atoms with Crippen molar-refractivity contribution in [2.45, 2.75) is 71.9 Å². The van der Waals surface area contributed by atoms with Crippen LogP contribution < -0.4 is 18.9 Å². The second-order valence-electron chi connectivity index (χ2n) is 15.9. The number of likely N-dealkylation sites (N-methyl/N-ethyl adjacent to an activating group) is 1. The van der Waals surface area contributed by atoms with E-state index in [4.69, 9.17) is 0 Å². The zero-order chi connectivity index (χ0) is 45.6. The van der Waals surface area contributed by atoms with Crippen LogP contribution >= 0.6 is 23.1 Å². The minimum absolute atomic E-state index is 0.290. The van der Waals surface area contributed by atoms with Crippen molar-refractivity contribution in [2.75, 3.05) is 34.4 Å². The Hall–Kier alpha value is -5.09. The molecule has 8 rings (SSSR count). The van der Waals surface area contributed by atoms with Gasteiger partial charge in [-0.25, -0.2) is 0 Å². The first kappa shape index (κ1) is 46.9. The van der Waals surface area contributed by atoms with Gasteiger partial charge in [-0.1, -0.05) is 78.6 Å². The number of hydrogen-bond acceptors (Lipinski definition) is 8. The number of benzene rings is 4. The summed E-state index contributed by atoms with van der Waals surface area (Å²) in [7, 11) is -8.09. The first-order chi connectivity index (χ1) is 30.6. The maximum absolute atomic E-state index is 11.3. The highest BCUT2D eigenvalue weighted by molar-refractivity contribution is 8.03. The van der Waals surface area contributed by atoms with Crippen molar-refractivity contribution in [3.63, 3.8) is 0 Å². The van der Waals surface area contributed by atoms with E-state index in [1.807, 2.05) is 38.1 Å². The minimum Gasteiger partial charge on any atom is -0.341 e. The van der Waals surface area contributed by atoms with Gasteiger partial charge in [0.2, 0.25) is 16.7 Å². The van der Waals surface area contributed by atoms with Gasteiger partial charge in [-0.15, -0.1) is 0 Å². The lowest BCUT2D eigenvalue weighted by atomic mass is 10.0. The molecule has 0 spiro atoms. The number of aromatic nitrogens is 2. The molecule has 0 amide bonds. The number of allylic oxidation sites excluding steroid dienone is 3. The SMILES string of the molecule is CCC(/C=C1\Sc2cc(C)ccc2N1CCCS(=O)(=O)O)=C\c1sc2cc(C)ccc2[n+]1CCCS(=O)(=O)O.CCN1/C(=C/c2ccc3ccccc3[n+]2CC)C=Cc2ccccc21. The molecule has 6 aromatic rings. The van der Waals surface area contributed by atoms with E-state index in [2.05, 4.69) is 143 Å². The van der Waals surface area contributed by atoms with E-state index < -0.39 is 20.2 Å². The predicted octanol–water partition coefficient (Wildman–Crippen LogP) is 10.6. The number of fused-ring (bicyclic) bond motifs is 4. The average molecular weight is 937 g/mol. The summed E-state index contributed by atoms with van der Waals surface area (Å²) < 4.78 is 69.3. The zero-order valence-electron chi connectivity index (χ0n) is 36.9. The van der Waals surface area contributed by atoms with Crippen molar-refractivity contribution in [1.29, 1.82) is 0 Å². The summed E-state index contributed by atoms with van der Waals surface area (Å²) in [5.41, 5.74) is 11.7. The molecule has 10 nitrogen and oxygen atoms in total. The highest BCUT2D eigenvalue weighted by Crippen LogP contribution is 2.47. The summed E-state index contributed by atoms with van der Waals surface area (Å²) in [6.45, 7) is 13.4. The third-order valence-corrected chi connectivity index (χ3v) is 15.0. The molecule has 0 saturated carbocycles. The second-order valence-corrected chi connectivity index (χ2v) is 21.2. The summed E-state index contributed by atoms with van der Waals surface area (Å²) in [5.74, 6) is -0.603. The highest BCUT2D eigenvalue weighted by atomic mass is 32.2. The van der Waals surface area contributed by atoms with Gasteiger partial charge < -0.3 is 9.80 Å². The van der Waals surface area contributed by atoms with E-state index in [1.54, 1.807) is 23.1 Å². The molecular formula is C50H56N4O6S4+2. The molecule has 64 heavy (non-hydrogen) atoms. The van der Waals surface area contributed by atoms with Gasteiger partial charge in [-0.2, -0.15) is 26.0 Å². The van der Waals surface area contributed by atoms with Crippen LogP contribution in [0.4, 0.5) is 11.4 Å². The lowest BCUT2D eigenvalue weighted by Crippen LogP contribution is -2.37. The topological polar surface area (TPSA) is 123 Å². The second kappa shape index (κ2) is 20.4. The van der Waals surface area contributed by atoms with Crippen molar-refractivity contribution < 1.29 is 35.1 Å². The van der Waals surface area contributed by atoms with Gasteiger partial charge in [-0.05, 0) is 111 Å². The normalized spacial score (nSPS) is 15.3. The molecular weight excluding hydrogens is 881 g/mol. The van der Waals surface area contributed by atoms with Gasteiger partial charge in [0.15, 0.2) is 6.54 Å². The largest absolute Gasteiger partial charge is 0.341 e. The quantitative estimate of drug-likeness (QED) is 0.0812. The Kier molecular flexibility index (Phi) is 14.9. The molecule has 2 aliphatic heterocycles. The van der Waals surface area contributed by atoms with Crippen LogP contribution in [0.1, 0.15) is 67.4 Å². The molecule has 2 N–H and O–H groups in total. The number of nitrogens with zero attached hydrogens (tertiary/aromatic N) is 4. The number of hydrogen-bond donors (Lipinski definition) is 2. The van der Waals surface area contributed by atoms with Gasteiger partial charge in [0.05, 0.1) is 22.2 Å². The van der Waals surface area contributed by atoms with Crippen LogP contribution in [0.25, 0.3) is 39.3 Å². The van der Waals surface area contributed by atoms with E-state index >= 15 is 0 Å². The molecule has 0 radical (unpaired) electrons. The molecule has 14 heteroatoms. The number of pyridine rings is 1. The lowest BCUT2D eigenvalue weighted by Gasteiger charge is -2.29. The molecule has 0 bridgehead atoms. The van der Waals surface area contributed by atoms with Crippen molar-refractivity contribution >= 4 is 94.1 Å². The van der Waals surface area contributed by atoms with Crippen molar-refractivity contribution in [2.24, 2.45) is 0 Å². The molecule has 0 atom stereocenters. The predicted molar refractivity (Wildman–Crippen MR) is 266 cm³/mol. The smallest absolute Gasteiger partial charge is 0.265 e. The van der Waals surface area contributed by atoms with Gasteiger partial charge in [0.25, 0.3) is 25.2 Å². The first-order valence-electron chi connectivity index (χ1n) is 21.6. The van der Waals surface area contributed by atoms with Crippen LogP contribution in [-0.2, 0) is 33.3 Å². The fourth-order valence-electron chi connectivity index (χ4n) is 8.14. The van der Waals surface area contributed by atoms with Gasteiger partial charge in [0.1, 0.15) is 11.2 Å². The number of para-hydroxylation sites is 2. The Morgan fingerprint density at radius 1 is 0.734 bits per heavy atom. The molecule has 4 aromatic carbocycles. The average Bonchev–Trinajstić information content (AvgIpc) is 3.77. The summed E-state index contributed by atoms with van der Waals surface area (Å²) in [4.78, 5) is 5.58. The van der Waals surface area contributed by atoms with Crippen LogP contribution in [0.15, 0.2) is 130 Å². The monoisotopic (exact) mass is 936 g/mol. The Morgan fingerprint density at radius 2 is 1.45 bits per heavy atom. The summed E-state index contributed by atoms with van der Waals surface area (Å²) in [5, 5.41) is 3.24. The fraction of sp³-hybridized carbons (Fsp3) is 0.280. The maximum atomic E-state index is 11.3. The molecule has 0 saturated heterocycles. The zero-order valence-corrected chi connectivity index (χ0v) is 40.2. The molecule has 2 aliphatic rings. The van der Waals surface area contributed by atoms with Crippen molar-refractivity contribution in [3.8, 4) is 0 Å². The van der Waals surface area contributed by atoms with Gasteiger partial charge >= 0.3 is 0 Å².